The monoisotopic (exact) mass is 1090 g/mol. The summed E-state index contributed by atoms with van der Waals surface area (Å²) in [6, 6.07) is 4.62. The van der Waals surface area contributed by atoms with Crippen molar-refractivity contribution in [1.29, 1.82) is 0 Å². The van der Waals surface area contributed by atoms with E-state index >= 15 is 0 Å². The lowest BCUT2D eigenvalue weighted by atomic mass is 9.88. The van der Waals surface area contributed by atoms with Crippen LogP contribution in [0.1, 0.15) is 134 Å². The second kappa shape index (κ2) is 29.5. The first kappa shape index (κ1) is 57.0. The van der Waals surface area contributed by atoms with Crippen LogP contribution < -0.4 is 0 Å². The molecule has 68 heavy (non-hydrogen) atoms. The van der Waals surface area contributed by atoms with E-state index in [-0.39, 0.29) is 51.0 Å². The van der Waals surface area contributed by atoms with Crippen molar-refractivity contribution in [2.75, 3.05) is 52.6 Å². The highest BCUT2D eigenvalue weighted by atomic mass is 32.2. The SMILES string of the molecule is CCOC(=S)SC(C)C(CCc1cc(CCC(SC(=S)OCC)N2CCCC2=O)c(CCC(SC(=S)OCC)N2CCCC2=O)cc1CCC(SC(=S)OCC)N1CCCC1=O)N1CCCC1=O. The lowest BCUT2D eigenvalue weighted by Gasteiger charge is -2.33. The van der Waals surface area contributed by atoms with Crippen LogP contribution in [-0.2, 0) is 63.8 Å². The van der Waals surface area contributed by atoms with E-state index < -0.39 is 0 Å². The van der Waals surface area contributed by atoms with Gasteiger partial charge in [-0.2, -0.15) is 0 Å². The van der Waals surface area contributed by atoms with Crippen LogP contribution in [0.25, 0.3) is 0 Å². The first-order valence-electron chi connectivity index (χ1n) is 24.4. The summed E-state index contributed by atoms with van der Waals surface area (Å²) in [4.78, 5) is 61.1. The number of aryl methyl sites for hydroxylation is 4. The normalized spacial score (nSPS) is 18.5. The fourth-order valence-corrected chi connectivity index (χ4v) is 15.3. The minimum atomic E-state index is -0.198. The first-order valence-corrected chi connectivity index (χ1v) is 29.6. The highest BCUT2D eigenvalue weighted by molar-refractivity contribution is 8.24. The molecular weight excluding hydrogens is 1020 g/mol. The Morgan fingerprint density at radius 2 is 0.750 bits per heavy atom. The van der Waals surface area contributed by atoms with Crippen molar-refractivity contribution in [3.8, 4) is 0 Å². The number of amides is 4. The summed E-state index contributed by atoms with van der Waals surface area (Å²) < 4.78 is 24.7. The van der Waals surface area contributed by atoms with E-state index in [1.54, 1.807) is 0 Å². The molecule has 4 amide bonds. The maximum Gasteiger partial charge on any atom is 0.223 e. The van der Waals surface area contributed by atoms with Crippen LogP contribution in [0.4, 0.5) is 0 Å². The maximum absolute atomic E-state index is 13.4. The minimum absolute atomic E-state index is 0.00436. The zero-order chi connectivity index (χ0) is 49.2. The molecule has 5 atom stereocenters. The van der Waals surface area contributed by atoms with Crippen molar-refractivity contribution >= 4 is 137 Å². The molecule has 0 aliphatic carbocycles. The molecule has 0 spiro atoms. The molecule has 1 aromatic carbocycles. The van der Waals surface area contributed by atoms with Crippen LogP contribution in [0.3, 0.4) is 0 Å². The maximum atomic E-state index is 13.4. The van der Waals surface area contributed by atoms with Gasteiger partial charge in [-0.15, -0.1) is 0 Å². The number of carbonyl (C=O) groups is 4. The van der Waals surface area contributed by atoms with Crippen molar-refractivity contribution in [3.05, 3.63) is 34.4 Å². The molecular formula is C48H70N4O8S8. The van der Waals surface area contributed by atoms with E-state index in [0.29, 0.717) is 147 Å². The fourth-order valence-electron chi connectivity index (χ4n) is 9.45. The average Bonchev–Trinajstić information content (AvgIpc) is 4.13. The predicted octanol–water partition coefficient (Wildman–Crippen LogP) is 9.86. The van der Waals surface area contributed by atoms with E-state index in [0.717, 1.165) is 31.2 Å². The van der Waals surface area contributed by atoms with Crippen molar-refractivity contribution < 1.29 is 38.1 Å². The number of benzene rings is 1. The van der Waals surface area contributed by atoms with Gasteiger partial charge in [0, 0.05) is 63.2 Å². The largest absolute Gasteiger partial charge is 0.479 e. The zero-order valence-electron chi connectivity index (χ0n) is 40.3. The number of likely N-dealkylation sites (tertiary alicyclic amines) is 4. The molecule has 0 N–H and O–H groups in total. The Labute approximate surface area is 443 Å². The average molecular weight is 1090 g/mol. The molecule has 12 nitrogen and oxygen atoms in total. The quantitative estimate of drug-likeness (QED) is 0.0864. The Hall–Kier alpha value is -1.94. The zero-order valence-corrected chi connectivity index (χ0v) is 46.9. The Morgan fingerprint density at radius 1 is 0.471 bits per heavy atom. The smallest absolute Gasteiger partial charge is 0.223 e. The third-order valence-corrected chi connectivity index (χ3v) is 18.5. The van der Waals surface area contributed by atoms with E-state index in [1.165, 1.54) is 63.7 Å². The second-order valence-electron chi connectivity index (χ2n) is 17.1. The van der Waals surface area contributed by atoms with Gasteiger partial charge in [0.1, 0.15) is 0 Å². The first-order chi connectivity index (χ1) is 32.8. The van der Waals surface area contributed by atoms with Gasteiger partial charge in [0.15, 0.2) is 0 Å². The summed E-state index contributed by atoms with van der Waals surface area (Å²) in [6.07, 6.45) is 10.7. The van der Waals surface area contributed by atoms with Crippen LogP contribution in [-0.4, -0.2) is 141 Å². The van der Waals surface area contributed by atoms with Crippen LogP contribution >= 0.6 is 95.9 Å². The van der Waals surface area contributed by atoms with Gasteiger partial charge in [-0.3, -0.25) is 19.2 Å². The molecule has 0 radical (unpaired) electrons. The van der Waals surface area contributed by atoms with E-state index in [2.05, 4.69) is 19.1 Å². The summed E-state index contributed by atoms with van der Waals surface area (Å²) in [5, 5.41) is -0.597. The number of thiocarbonyl (C=S) groups is 4. The van der Waals surface area contributed by atoms with E-state index in [9.17, 15) is 19.2 Å². The van der Waals surface area contributed by atoms with Gasteiger partial charge in [-0.05, 0) is 176 Å². The highest BCUT2D eigenvalue weighted by Gasteiger charge is 2.35. The summed E-state index contributed by atoms with van der Waals surface area (Å²) in [5.74, 6) is 0.554. The molecule has 0 aromatic heterocycles. The number of carbonyl (C=O) groups excluding carboxylic acids is 4. The van der Waals surface area contributed by atoms with Gasteiger partial charge in [-0.25, -0.2) is 0 Å². The van der Waals surface area contributed by atoms with E-state index in [1.807, 2.05) is 47.3 Å². The number of hydrogen-bond donors (Lipinski definition) is 0. The molecule has 1 aromatic rings. The van der Waals surface area contributed by atoms with Crippen molar-refractivity contribution in [3.63, 3.8) is 0 Å². The van der Waals surface area contributed by atoms with Gasteiger partial charge in [0.05, 0.1) is 42.5 Å². The number of ether oxygens (including phenoxy) is 4. The molecule has 5 unspecified atom stereocenters. The Balaban J connectivity index is 1.58. The van der Waals surface area contributed by atoms with Crippen LogP contribution in [0, 0.1) is 0 Å². The molecule has 378 valence electrons. The Bertz CT molecular complexity index is 1940. The summed E-state index contributed by atoms with van der Waals surface area (Å²) in [6.45, 7) is 14.4. The van der Waals surface area contributed by atoms with Gasteiger partial charge in [0.2, 0.25) is 41.2 Å². The molecule has 5 rings (SSSR count). The van der Waals surface area contributed by atoms with Crippen LogP contribution in [0.2, 0.25) is 0 Å². The van der Waals surface area contributed by atoms with Gasteiger partial charge in [-0.1, -0.05) is 66.1 Å². The minimum Gasteiger partial charge on any atom is -0.479 e. The molecule has 4 saturated heterocycles. The summed E-state index contributed by atoms with van der Waals surface area (Å²) in [5.41, 5.74) is 4.68. The molecule has 4 heterocycles. The third kappa shape index (κ3) is 17.1. The molecule has 0 bridgehead atoms. The van der Waals surface area contributed by atoms with Gasteiger partial charge >= 0.3 is 0 Å². The number of rotatable bonds is 25. The molecule has 4 aliphatic heterocycles. The van der Waals surface area contributed by atoms with Crippen LogP contribution in [0.15, 0.2) is 12.1 Å². The second-order valence-corrected chi connectivity index (χ2v) is 24.5. The molecule has 0 saturated carbocycles. The Morgan fingerprint density at radius 3 is 1.03 bits per heavy atom. The van der Waals surface area contributed by atoms with Gasteiger partial charge in [0.25, 0.3) is 0 Å². The van der Waals surface area contributed by atoms with Crippen LogP contribution in [0.5, 0.6) is 0 Å². The lowest BCUT2D eigenvalue weighted by molar-refractivity contribution is -0.130. The lowest BCUT2D eigenvalue weighted by Crippen LogP contribution is -2.42. The third-order valence-electron chi connectivity index (χ3n) is 12.7. The van der Waals surface area contributed by atoms with Crippen molar-refractivity contribution in [2.24, 2.45) is 0 Å². The fraction of sp³-hybridized carbons (Fsp3) is 0.708. The van der Waals surface area contributed by atoms with Gasteiger partial charge < -0.3 is 38.5 Å². The summed E-state index contributed by atoms with van der Waals surface area (Å²) >= 11 is 28.4. The number of hydrogen-bond acceptors (Lipinski definition) is 16. The standard InChI is InChI=1S/C48H70N4O8S8/c1-6-57-45(61)65-32(5)37(49-26-10-14-38(49)53)22-18-33-30-35(20-24-43(67-47(63)59-8-3)51-28-12-16-40(51)55)36(21-25-44(68-48(64)60-9-4)52-29-13-17-41(52)56)31-34(33)19-23-42(66-46(62)58-7-2)50-27-11-15-39(50)54/h30-32,37,42-44H,6-29H2,1-5H3. The Kier molecular flexibility index (Phi) is 24.8. The summed E-state index contributed by atoms with van der Waals surface area (Å²) in [7, 11) is 0. The number of nitrogens with zero attached hydrogens (tertiary/aromatic N) is 4. The highest BCUT2D eigenvalue weighted by Crippen LogP contribution is 2.35. The predicted molar refractivity (Wildman–Crippen MR) is 295 cm³/mol. The topological polar surface area (TPSA) is 118 Å². The molecule has 4 fully saturated rings. The van der Waals surface area contributed by atoms with E-state index in [4.69, 9.17) is 67.8 Å². The molecule has 20 heteroatoms. The van der Waals surface area contributed by atoms with Crippen molar-refractivity contribution in [1.82, 2.24) is 19.6 Å². The van der Waals surface area contributed by atoms with Crippen molar-refractivity contribution in [2.45, 2.75) is 165 Å². The molecule has 4 aliphatic rings. The number of thioether (sulfide) groups is 4.